The van der Waals surface area contributed by atoms with Crippen molar-refractivity contribution < 1.29 is 31.2 Å². The lowest BCUT2D eigenvalue weighted by Crippen LogP contribution is -2.49. The molecular formula is C25H30Cl2F3N3O4S. The van der Waals surface area contributed by atoms with Gasteiger partial charge in [0.2, 0.25) is 21.8 Å². The fraction of sp³-hybridized carbons (Fsp3) is 0.440. The van der Waals surface area contributed by atoms with Crippen LogP contribution in [0.5, 0.6) is 0 Å². The molecular weight excluding hydrogens is 566 g/mol. The molecule has 0 aliphatic heterocycles. The number of halogens is 5. The lowest BCUT2D eigenvalue weighted by atomic mass is 10.1. The zero-order valence-corrected chi connectivity index (χ0v) is 23.7. The van der Waals surface area contributed by atoms with Crippen LogP contribution in [-0.4, -0.2) is 50.0 Å². The zero-order valence-electron chi connectivity index (χ0n) is 21.4. The van der Waals surface area contributed by atoms with Gasteiger partial charge in [0.05, 0.1) is 17.5 Å². The van der Waals surface area contributed by atoms with E-state index in [0.717, 1.165) is 28.8 Å². The van der Waals surface area contributed by atoms with Gasteiger partial charge in [-0.15, -0.1) is 0 Å². The van der Waals surface area contributed by atoms with E-state index in [-0.39, 0.29) is 37.7 Å². The molecule has 0 aliphatic rings. The number of nitrogens with one attached hydrogen (secondary N) is 1. The molecule has 0 fully saturated rings. The summed E-state index contributed by atoms with van der Waals surface area (Å²) >= 11 is 12.6. The molecule has 0 aromatic heterocycles. The van der Waals surface area contributed by atoms with Crippen molar-refractivity contribution in [3.05, 3.63) is 63.6 Å². The fourth-order valence-corrected chi connectivity index (χ4v) is 5.16. The number of amides is 2. The Hall–Kier alpha value is -2.50. The summed E-state index contributed by atoms with van der Waals surface area (Å²) in [5, 5.41) is 3.36. The number of carbonyl (C=O) groups excluding carboxylic acids is 2. The van der Waals surface area contributed by atoms with Crippen molar-refractivity contribution >= 4 is 50.7 Å². The van der Waals surface area contributed by atoms with Crippen LogP contribution in [0.2, 0.25) is 10.0 Å². The van der Waals surface area contributed by atoms with Gasteiger partial charge in [0, 0.05) is 41.2 Å². The third-order valence-corrected chi connectivity index (χ3v) is 7.50. The van der Waals surface area contributed by atoms with Gasteiger partial charge in [-0.3, -0.25) is 13.9 Å². The van der Waals surface area contributed by atoms with E-state index in [1.54, 1.807) is 39.0 Å². The molecule has 1 atom stereocenters. The second-order valence-electron chi connectivity index (χ2n) is 9.05. The highest BCUT2D eigenvalue weighted by Crippen LogP contribution is 2.32. The largest absolute Gasteiger partial charge is 0.416 e. The average molecular weight is 596 g/mol. The van der Waals surface area contributed by atoms with Crippen LogP contribution in [0.15, 0.2) is 42.5 Å². The molecule has 2 aromatic rings. The van der Waals surface area contributed by atoms with Crippen molar-refractivity contribution in [2.75, 3.05) is 17.1 Å². The molecule has 0 saturated carbocycles. The molecule has 7 nitrogen and oxygen atoms in total. The molecule has 0 heterocycles. The Kier molecular flexibility index (Phi) is 10.9. The molecule has 2 aromatic carbocycles. The zero-order chi connectivity index (χ0) is 28.8. The summed E-state index contributed by atoms with van der Waals surface area (Å²) in [5.74, 6) is -0.886. The monoisotopic (exact) mass is 595 g/mol. The van der Waals surface area contributed by atoms with Crippen LogP contribution in [0.3, 0.4) is 0 Å². The number of carbonyl (C=O) groups is 2. The number of anilines is 1. The predicted molar refractivity (Wildman–Crippen MR) is 143 cm³/mol. The number of benzene rings is 2. The Morgan fingerprint density at radius 2 is 1.61 bits per heavy atom. The van der Waals surface area contributed by atoms with Crippen molar-refractivity contribution in [3.8, 4) is 0 Å². The summed E-state index contributed by atoms with van der Waals surface area (Å²) in [6.45, 7) is 4.77. The molecule has 0 saturated heterocycles. The van der Waals surface area contributed by atoms with Crippen molar-refractivity contribution in [1.29, 1.82) is 0 Å². The molecule has 38 heavy (non-hydrogen) atoms. The number of rotatable bonds is 11. The highest BCUT2D eigenvalue weighted by Gasteiger charge is 2.32. The van der Waals surface area contributed by atoms with Crippen LogP contribution in [0.4, 0.5) is 18.9 Å². The van der Waals surface area contributed by atoms with E-state index in [1.807, 2.05) is 0 Å². The molecule has 2 amide bonds. The Morgan fingerprint density at radius 1 is 1.03 bits per heavy atom. The molecule has 0 radical (unpaired) electrons. The quantitative estimate of drug-likeness (QED) is 0.371. The SMILES string of the molecule is CC(C)NC(=O)C(C)N(Cc1c(Cl)cccc1Cl)C(=O)CCCN(c1cccc(C(F)(F)F)c1)S(C)(=O)=O. The van der Waals surface area contributed by atoms with E-state index >= 15 is 0 Å². The topological polar surface area (TPSA) is 86.8 Å². The summed E-state index contributed by atoms with van der Waals surface area (Å²) < 4.78 is 65.1. The van der Waals surface area contributed by atoms with Gasteiger partial charge in [0.25, 0.3) is 0 Å². The maximum Gasteiger partial charge on any atom is 0.416 e. The van der Waals surface area contributed by atoms with Crippen molar-refractivity contribution in [2.45, 2.75) is 58.4 Å². The molecule has 210 valence electrons. The van der Waals surface area contributed by atoms with Gasteiger partial charge < -0.3 is 10.2 Å². The number of nitrogens with zero attached hydrogens (tertiary/aromatic N) is 2. The van der Waals surface area contributed by atoms with Crippen LogP contribution in [0, 0.1) is 0 Å². The summed E-state index contributed by atoms with van der Waals surface area (Å²) in [6.07, 6.45) is -3.98. The Morgan fingerprint density at radius 3 is 2.13 bits per heavy atom. The van der Waals surface area contributed by atoms with Gasteiger partial charge in [0.1, 0.15) is 6.04 Å². The van der Waals surface area contributed by atoms with E-state index in [1.165, 1.54) is 11.0 Å². The molecule has 0 aliphatic carbocycles. The van der Waals surface area contributed by atoms with E-state index in [0.29, 0.717) is 15.6 Å². The van der Waals surface area contributed by atoms with E-state index in [2.05, 4.69) is 5.32 Å². The highest BCUT2D eigenvalue weighted by atomic mass is 35.5. The first-order chi connectivity index (χ1) is 17.5. The van der Waals surface area contributed by atoms with Crippen LogP contribution in [0.1, 0.15) is 44.7 Å². The van der Waals surface area contributed by atoms with Crippen LogP contribution in [0.25, 0.3) is 0 Å². The first-order valence-corrected chi connectivity index (χ1v) is 14.3. The van der Waals surface area contributed by atoms with Crippen molar-refractivity contribution in [3.63, 3.8) is 0 Å². The first kappa shape index (κ1) is 31.7. The molecule has 2 rings (SSSR count). The standard InChI is InChI=1S/C25H30Cl2F3N3O4S/c1-16(2)31-24(35)17(3)32(15-20-21(26)10-6-11-22(20)27)23(34)12-7-13-33(38(4,36)37)19-9-5-8-18(14-19)25(28,29)30/h5-6,8-11,14,16-17H,7,12-13,15H2,1-4H3,(H,31,35). The number of hydrogen-bond donors (Lipinski definition) is 1. The van der Waals surface area contributed by atoms with E-state index < -0.39 is 39.6 Å². The summed E-state index contributed by atoms with van der Waals surface area (Å²) in [7, 11) is -3.96. The minimum atomic E-state index is -4.65. The average Bonchev–Trinajstić information content (AvgIpc) is 2.79. The Labute approximate surface area is 230 Å². The third kappa shape index (κ3) is 8.78. The smallest absolute Gasteiger partial charge is 0.352 e. The Balaban J connectivity index is 2.27. The maximum absolute atomic E-state index is 13.3. The second-order valence-corrected chi connectivity index (χ2v) is 11.8. The van der Waals surface area contributed by atoms with Gasteiger partial charge in [-0.05, 0) is 57.5 Å². The number of hydrogen-bond acceptors (Lipinski definition) is 4. The third-order valence-electron chi connectivity index (χ3n) is 5.60. The lowest BCUT2D eigenvalue weighted by Gasteiger charge is -2.30. The molecule has 1 unspecified atom stereocenters. The Bertz CT molecular complexity index is 1240. The van der Waals surface area contributed by atoms with E-state index in [9.17, 15) is 31.2 Å². The van der Waals surface area contributed by atoms with Gasteiger partial charge in [-0.2, -0.15) is 13.2 Å². The normalized spacial score (nSPS) is 12.8. The van der Waals surface area contributed by atoms with Gasteiger partial charge in [-0.1, -0.05) is 35.3 Å². The van der Waals surface area contributed by atoms with Gasteiger partial charge in [-0.25, -0.2) is 8.42 Å². The van der Waals surface area contributed by atoms with Crippen molar-refractivity contribution in [1.82, 2.24) is 10.2 Å². The summed E-state index contributed by atoms with van der Waals surface area (Å²) in [5.41, 5.74) is -0.721. The summed E-state index contributed by atoms with van der Waals surface area (Å²) in [6, 6.07) is 7.71. The van der Waals surface area contributed by atoms with E-state index in [4.69, 9.17) is 23.2 Å². The minimum Gasteiger partial charge on any atom is -0.352 e. The predicted octanol–water partition coefficient (Wildman–Crippen LogP) is 5.50. The molecule has 13 heteroatoms. The van der Waals surface area contributed by atoms with Crippen molar-refractivity contribution in [2.24, 2.45) is 0 Å². The summed E-state index contributed by atoms with van der Waals surface area (Å²) in [4.78, 5) is 27.3. The highest BCUT2D eigenvalue weighted by molar-refractivity contribution is 7.92. The number of sulfonamides is 1. The molecule has 0 bridgehead atoms. The van der Waals surface area contributed by atoms with Crippen LogP contribution in [-0.2, 0) is 32.3 Å². The second kappa shape index (κ2) is 13.0. The molecule has 0 spiro atoms. The number of alkyl halides is 3. The van der Waals surface area contributed by atoms with Crippen LogP contribution < -0.4 is 9.62 Å². The van der Waals surface area contributed by atoms with Gasteiger partial charge >= 0.3 is 6.18 Å². The van der Waals surface area contributed by atoms with Crippen LogP contribution >= 0.6 is 23.2 Å². The maximum atomic E-state index is 13.3. The van der Waals surface area contributed by atoms with Gasteiger partial charge in [0.15, 0.2) is 0 Å². The lowest BCUT2D eigenvalue weighted by molar-refractivity contribution is -0.140. The first-order valence-electron chi connectivity index (χ1n) is 11.7. The molecule has 1 N–H and O–H groups in total. The fourth-order valence-electron chi connectivity index (χ4n) is 3.68. The minimum absolute atomic E-state index is 0.0204.